The van der Waals surface area contributed by atoms with Gasteiger partial charge in [-0.3, -0.25) is 9.78 Å². The number of primary amides is 1. The molecule has 0 atom stereocenters. The Labute approximate surface area is 111 Å². The van der Waals surface area contributed by atoms with Crippen LogP contribution in [-0.4, -0.2) is 17.5 Å². The first kappa shape index (κ1) is 11.0. The van der Waals surface area contributed by atoms with Crippen LogP contribution in [0.3, 0.4) is 0 Å². The van der Waals surface area contributed by atoms with E-state index in [1.807, 2.05) is 6.92 Å². The molecule has 0 bridgehead atoms. The highest BCUT2D eigenvalue weighted by atomic mass is 16.5. The fourth-order valence-electron chi connectivity index (χ4n) is 3.28. The van der Waals surface area contributed by atoms with Crippen molar-refractivity contribution in [3.8, 4) is 5.75 Å². The lowest BCUT2D eigenvalue weighted by molar-refractivity contribution is -0.112. The molecule has 98 valence electrons. The van der Waals surface area contributed by atoms with Gasteiger partial charge < -0.3 is 10.5 Å². The monoisotopic (exact) mass is 256 g/mol. The average molecular weight is 256 g/mol. The second-order valence-electron chi connectivity index (χ2n) is 5.70. The molecule has 0 aromatic carbocycles. The second kappa shape index (κ2) is 3.59. The van der Waals surface area contributed by atoms with Crippen molar-refractivity contribution in [2.45, 2.75) is 38.5 Å². The molecular formula is C15H16N2O2. The molecule has 19 heavy (non-hydrogen) atoms. The lowest BCUT2D eigenvalue weighted by Crippen LogP contribution is -2.14. The number of hydrogen-bond acceptors (Lipinski definition) is 3. The smallest absolute Gasteiger partial charge is 0.249 e. The molecule has 0 spiro atoms. The summed E-state index contributed by atoms with van der Waals surface area (Å²) < 4.78 is 5.73. The molecule has 2 heterocycles. The minimum absolute atomic E-state index is 0.335. The molecule has 2 N–H and O–H groups in total. The number of allylic oxidation sites excluding steroid dienone is 1. The van der Waals surface area contributed by atoms with Gasteiger partial charge in [-0.15, -0.1) is 0 Å². The van der Waals surface area contributed by atoms with Crippen LogP contribution < -0.4 is 10.5 Å². The summed E-state index contributed by atoms with van der Waals surface area (Å²) >= 11 is 0. The number of hydrogen-bond donors (Lipinski definition) is 1. The topological polar surface area (TPSA) is 65.2 Å². The van der Waals surface area contributed by atoms with Gasteiger partial charge in [-0.2, -0.15) is 0 Å². The summed E-state index contributed by atoms with van der Waals surface area (Å²) in [7, 11) is 0. The quantitative estimate of drug-likeness (QED) is 0.876. The fourth-order valence-corrected chi connectivity index (χ4v) is 3.28. The third kappa shape index (κ3) is 1.46. The Morgan fingerprint density at radius 3 is 2.89 bits per heavy atom. The first-order chi connectivity index (χ1) is 9.16. The number of carbonyl (C=O) groups excluding carboxylic acids is 1. The standard InChI is InChI=1S/C15H16N2O2/c1-7-6-9-12(11(7)15(16)18)13(8-2-3-8)17-10-4-5-19-14(9)10/h8H,2-6H2,1H3,(H2,16,18). The predicted octanol–water partition coefficient (Wildman–Crippen LogP) is 1.71. The van der Waals surface area contributed by atoms with E-state index in [1.165, 1.54) is 12.8 Å². The van der Waals surface area contributed by atoms with Crippen LogP contribution in [0.5, 0.6) is 5.75 Å². The number of fused-ring (bicyclic) bond motifs is 3. The van der Waals surface area contributed by atoms with Crippen molar-refractivity contribution in [2.75, 3.05) is 6.61 Å². The summed E-state index contributed by atoms with van der Waals surface area (Å²) in [4.78, 5) is 16.6. The first-order valence-corrected chi connectivity index (χ1v) is 6.85. The van der Waals surface area contributed by atoms with Gasteiger partial charge in [0.15, 0.2) is 0 Å². The molecule has 0 radical (unpaired) electrons. The van der Waals surface area contributed by atoms with Crippen molar-refractivity contribution < 1.29 is 9.53 Å². The van der Waals surface area contributed by atoms with Crippen molar-refractivity contribution in [1.29, 1.82) is 0 Å². The number of nitrogens with zero attached hydrogens (tertiary/aromatic N) is 1. The molecule has 4 nitrogen and oxygen atoms in total. The SMILES string of the molecule is CC1=C(C(N)=O)c2c(C3CC3)nc3c(c2C1)OCC3. The molecule has 1 aromatic heterocycles. The second-order valence-corrected chi connectivity index (χ2v) is 5.70. The molecule has 1 fully saturated rings. The van der Waals surface area contributed by atoms with Crippen molar-refractivity contribution in [3.05, 3.63) is 28.1 Å². The molecule has 1 aliphatic heterocycles. The molecule has 3 aliphatic rings. The van der Waals surface area contributed by atoms with Gasteiger partial charge in [0.1, 0.15) is 5.75 Å². The Morgan fingerprint density at radius 1 is 1.42 bits per heavy atom. The molecule has 4 rings (SSSR count). The number of amides is 1. The van der Waals surface area contributed by atoms with E-state index in [0.29, 0.717) is 18.1 Å². The molecule has 0 unspecified atom stereocenters. The lowest BCUT2D eigenvalue weighted by atomic mass is 9.98. The van der Waals surface area contributed by atoms with Crippen molar-refractivity contribution >= 4 is 11.5 Å². The van der Waals surface area contributed by atoms with Gasteiger partial charge in [0.2, 0.25) is 5.91 Å². The minimum atomic E-state index is -0.335. The van der Waals surface area contributed by atoms with E-state index in [4.69, 9.17) is 15.5 Å². The number of rotatable bonds is 2. The van der Waals surface area contributed by atoms with Gasteiger partial charge in [-0.1, -0.05) is 5.57 Å². The van der Waals surface area contributed by atoms with E-state index in [1.54, 1.807) is 0 Å². The van der Waals surface area contributed by atoms with Crippen LogP contribution in [0.4, 0.5) is 0 Å². The Balaban J connectivity index is 2.00. The fraction of sp³-hybridized carbons (Fsp3) is 0.467. The molecular weight excluding hydrogens is 240 g/mol. The van der Waals surface area contributed by atoms with Crippen LogP contribution >= 0.6 is 0 Å². The van der Waals surface area contributed by atoms with Gasteiger partial charge >= 0.3 is 0 Å². The number of pyridine rings is 1. The zero-order valence-corrected chi connectivity index (χ0v) is 11.0. The summed E-state index contributed by atoms with van der Waals surface area (Å²) in [6, 6.07) is 0. The molecule has 1 amide bonds. The molecule has 2 aliphatic carbocycles. The Kier molecular flexibility index (Phi) is 2.08. The summed E-state index contributed by atoms with van der Waals surface area (Å²) in [5.74, 6) is 1.09. The van der Waals surface area contributed by atoms with Crippen LogP contribution in [0, 0.1) is 0 Å². The van der Waals surface area contributed by atoms with E-state index < -0.39 is 0 Å². The van der Waals surface area contributed by atoms with Crippen LogP contribution in [0.2, 0.25) is 0 Å². The number of ether oxygens (including phenoxy) is 1. The van der Waals surface area contributed by atoms with E-state index >= 15 is 0 Å². The number of nitrogens with two attached hydrogens (primary N) is 1. The van der Waals surface area contributed by atoms with Gasteiger partial charge in [-0.05, 0) is 26.2 Å². The maximum atomic E-state index is 11.8. The van der Waals surface area contributed by atoms with Gasteiger partial charge in [0.25, 0.3) is 0 Å². The van der Waals surface area contributed by atoms with E-state index in [9.17, 15) is 4.79 Å². The summed E-state index contributed by atoms with van der Waals surface area (Å²) in [5.41, 5.74) is 11.6. The third-order valence-electron chi connectivity index (χ3n) is 4.26. The Morgan fingerprint density at radius 2 is 2.21 bits per heavy atom. The van der Waals surface area contributed by atoms with Crippen molar-refractivity contribution in [2.24, 2.45) is 5.73 Å². The maximum Gasteiger partial charge on any atom is 0.249 e. The van der Waals surface area contributed by atoms with Crippen LogP contribution in [0.1, 0.15) is 48.2 Å². The molecule has 0 saturated heterocycles. The lowest BCUT2D eigenvalue weighted by Gasteiger charge is -2.13. The van der Waals surface area contributed by atoms with E-state index in [-0.39, 0.29) is 5.91 Å². The van der Waals surface area contributed by atoms with Gasteiger partial charge in [0.05, 0.1) is 18.0 Å². The molecule has 1 saturated carbocycles. The normalized spacial score (nSPS) is 20.3. The predicted molar refractivity (Wildman–Crippen MR) is 70.9 cm³/mol. The highest BCUT2D eigenvalue weighted by Crippen LogP contribution is 2.49. The Hall–Kier alpha value is -1.84. The van der Waals surface area contributed by atoms with Crippen LogP contribution in [-0.2, 0) is 17.6 Å². The number of aromatic nitrogens is 1. The van der Waals surface area contributed by atoms with E-state index in [2.05, 4.69) is 0 Å². The first-order valence-electron chi connectivity index (χ1n) is 6.85. The summed E-state index contributed by atoms with van der Waals surface area (Å²) in [6.07, 6.45) is 4.00. The Bertz CT molecular complexity index is 642. The highest BCUT2D eigenvalue weighted by Gasteiger charge is 2.38. The van der Waals surface area contributed by atoms with Crippen LogP contribution in [0.15, 0.2) is 5.57 Å². The van der Waals surface area contributed by atoms with E-state index in [0.717, 1.165) is 46.7 Å². The zero-order chi connectivity index (χ0) is 13.1. The van der Waals surface area contributed by atoms with Gasteiger partial charge in [-0.25, -0.2) is 0 Å². The molecule has 4 heteroatoms. The van der Waals surface area contributed by atoms with Crippen LogP contribution in [0.25, 0.3) is 5.57 Å². The van der Waals surface area contributed by atoms with Crippen molar-refractivity contribution in [3.63, 3.8) is 0 Å². The number of carbonyl (C=O) groups is 1. The third-order valence-corrected chi connectivity index (χ3v) is 4.26. The summed E-state index contributed by atoms with van der Waals surface area (Å²) in [5, 5.41) is 0. The van der Waals surface area contributed by atoms with Crippen molar-refractivity contribution in [1.82, 2.24) is 4.98 Å². The maximum absolute atomic E-state index is 11.8. The molecule has 1 aromatic rings. The summed E-state index contributed by atoms with van der Waals surface area (Å²) in [6.45, 7) is 2.69. The average Bonchev–Trinajstić information content (AvgIpc) is 2.98. The van der Waals surface area contributed by atoms with Gasteiger partial charge in [0, 0.05) is 29.0 Å². The highest BCUT2D eigenvalue weighted by molar-refractivity contribution is 6.21. The minimum Gasteiger partial charge on any atom is -0.491 e. The largest absolute Gasteiger partial charge is 0.491 e. The zero-order valence-electron chi connectivity index (χ0n) is 11.0.